The zero-order valence-electron chi connectivity index (χ0n) is 14.8. The fraction of sp³-hybridized carbons (Fsp3) is 0.389. The van der Waals surface area contributed by atoms with Gasteiger partial charge in [-0.1, -0.05) is 43.7 Å². The highest BCUT2D eigenvalue weighted by molar-refractivity contribution is 7.89. The molecule has 0 aliphatic rings. The van der Waals surface area contributed by atoms with Crippen molar-refractivity contribution in [2.45, 2.75) is 32.2 Å². The molecule has 5 nitrogen and oxygen atoms in total. The topological polar surface area (TPSA) is 54.8 Å². The molecule has 24 heavy (non-hydrogen) atoms. The van der Waals surface area contributed by atoms with E-state index in [0.717, 1.165) is 12.4 Å². The predicted octanol–water partition coefficient (Wildman–Crippen LogP) is 2.48. The van der Waals surface area contributed by atoms with Crippen LogP contribution in [0.2, 0.25) is 0 Å². The molecule has 130 valence electrons. The van der Waals surface area contributed by atoms with E-state index in [9.17, 15) is 8.42 Å². The van der Waals surface area contributed by atoms with Gasteiger partial charge in [-0.25, -0.2) is 13.4 Å². The second-order valence-corrected chi connectivity index (χ2v) is 7.78. The standard InChI is InChI=1S/C18H25N3O2S/c1-5-21(6-2)24(22,23)17-11-12-18(19-13-17)20(4)14-16-9-7-15(3)8-10-16/h7-13H,5-6,14H2,1-4H3/p+1. The molecule has 0 aliphatic carbocycles. The minimum Gasteiger partial charge on any atom is -0.260 e. The Hall–Kier alpha value is -1.92. The molecule has 1 N–H and O–H groups in total. The lowest BCUT2D eigenvalue weighted by atomic mass is 10.1. The van der Waals surface area contributed by atoms with Gasteiger partial charge in [0, 0.05) is 19.2 Å². The van der Waals surface area contributed by atoms with Crippen LogP contribution in [0.25, 0.3) is 0 Å². The zero-order chi connectivity index (χ0) is 17.7. The number of aromatic amines is 1. The fourth-order valence-corrected chi connectivity index (χ4v) is 3.99. The first kappa shape index (κ1) is 18.4. The highest BCUT2D eigenvalue weighted by atomic mass is 32.2. The Morgan fingerprint density at radius 3 is 2.12 bits per heavy atom. The van der Waals surface area contributed by atoms with Crippen LogP contribution in [0.4, 0.5) is 5.82 Å². The van der Waals surface area contributed by atoms with Crippen molar-refractivity contribution in [1.29, 1.82) is 0 Å². The number of hydrogen-bond donors (Lipinski definition) is 0. The van der Waals surface area contributed by atoms with E-state index in [4.69, 9.17) is 0 Å². The Morgan fingerprint density at radius 1 is 1.00 bits per heavy atom. The van der Waals surface area contributed by atoms with Gasteiger partial charge in [0.15, 0.2) is 0 Å². The smallest absolute Gasteiger partial charge is 0.260 e. The van der Waals surface area contributed by atoms with E-state index in [2.05, 4.69) is 41.1 Å². The minimum absolute atomic E-state index is 0.290. The van der Waals surface area contributed by atoms with Gasteiger partial charge in [-0.15, -0.1) is 0 Å². The molecule has 1 aromatic heterocycles. The molecule has 2 aromatic rings. The van der Waals surface area contributed by atoms with Gasteiger partial charge in [0.2, 0.25) is 10.0 Å². The Balaban J connectivity index is 2.15. The van der Waals surface area contributed by atoms with E-state index in [0.29, 0.717) is 18.0 Å². The van der Waals surface area contributed by atoms with E-state index < -0.39 is 10.0 Å². The highest BCUT2D eigenvalue weighted by Crippen LogP contribution is 2.16. The molecular formula is C18H26N3O2S+. The van der Waals surface area contributed by atoms with Crippen LogP contribution >= 0.6 is 0 Å². The van der Waals surface area contributed by atoms with Gasteiger partial charge >= 0.3 is 0 Å². The van der Waals surface area contributed by atoms with Gasteiger partial charge in [0.05, 0.1) is 7.05 Å². The first-order valence-corrected chi connectivity index (χ1v) is 9.61. The third-order valence-electron chi connectivity index (χ3n) is 4.06. The molecule has 0 unspecified atom stereocenters. The highest BCUT2D eigenvalue weighted by Gasteiger charge is 2.23. The Morgan fingerprint density at radius 2 is 1.62 bits per heavy atom. The van der Waals surface area contributed by atoms with Crippen LogP contribution in [-0.2, 0) is 16.6 Å². The molecule has 0 saturated heterocycles. The summed E-state index contributed by atoms with van der Waals surface area (Å²) < 4.78 is 26.4. The Labute approximate surface area is 145 Å². The lowest BCUT2D eigenvalue weighted by molar-refractivity contribution is -0.367. The van der Waals surface area contributed by atoms with Crippen LogP contribution in [0, 0.1) is 6.92 Å². The van der Waals surface area contributed by atoms with Crippen LogP contribution in [-0.4, -0.2) is 32.9 Å². The SMILES string of the molecule is CCN(CC)S(=O)(=O)c1ccc(N(C)Cc2ccc(C)cc2)[nH+]c1. The molecule has 0 amide bonds. The van der Waals surface area contributed by atoms with Crippen molar-refractivity contribution in [3.05, 3.63) is 53.7 Å². The minimum atomic E-state index is -3.42. The third kappa shape index (κ3) is 4.13. The lowest BCUT2D eigenvalue weighted by Crippen LogP contribution is -2.32. The molecule has 6 heteroatoms. The van der Waals surface area contributed by atoms with Crippen molar-refractivity contribution in [3.63, 3.8) is 0 Å². The molecule has 0 atom stereocenters. The monoisotopic (exact) mass is 348 g/mol. The van der Waals surface area contributed by atoms with Gasteiger partial charge in [-0.3, -0.25) is 4.90 Å². The van der Waals surface area contributed by atoms with Crippen LogP contribution in [0.1, 0.15) is 25.0 Å². The molecule has 0 spiro atoms. The number of hydrogen-bond acceptors (Lipinski definition) is 3. The molecule has 0 aliphatic heterocycles. The maximum Gasteiger partial charge on any atom is 0.274 e. The number of H-pyrrole nitrogens is 1. The number of aryl methyl sites for hydroxylation is 1. The van der Waals surface area contributed by atoms with E-state index >= 15 is 0 Å². The number of aromatic nitrogens is 1. The average molecular weight is 348 g/mol. The number of nitrogens with one attached hydrogen (secondary N) is 1. The van der Waals surface area contributed by atoms with Gasteiger partial charge in [-0.05, 0) is 18.6 Å². The predicted molar refractivity (Wildman–Crippen MR) is 96.4 cm³/mol. The summed E-state index contributed by atoms with van der Waals surface area (Å²) >= 11 is 0. The van der Waals surface area contributed by atoms with Crippen LogP contribution in [0.5, 0.6) is 0 Å². The van der Waals surface area contributed by atoms with E-state index in [1.165, 1.54) is 15.4 Å². The maximum absolute atomic E-state index is 12.5. The molecule has 1 heterocycles. The van der Waals surface area contributed by atoms with Crippen molar-refractivity contribution in [3.8, 4) is 0 Å². The summed E-state index contributed by atoms with van der Waals surface area (Å²) in [7, 11) is -1.45. The zero-order valence-corrected chi connectivity index (χ0v) is 15.6. The summed E-state index contributed by atoms with van der Waals surface area (Å²) in [6.07, 6.45) is 1.56. The summed E-state index contributed by atoms with van der Waals surface area (Å²) in [4.78, 5) is 5.44. The maximum atomic E-state index is 12.5. The average Bonchev–Trinajstić information content (AvgIpc) is 2.58. The molecule has 0 radical (unpaired) electrons. The summed E-state index contributed by atoms with van der Waals surface area (Å²) in [5.74, 6) is 0.870. The number of sulfonamides is 1. The second-order valence-electron chi connectivity index (χ2n) is 5.84. The van der Waals surface area contributed by atoms with Crippen molar-refractivity contribution < 1.29 is 13.4 Å². The lowest BCUT2D eigenvalue weighted by Gasteiger charge is -2.18. The first-order chi connectivity index (χ1) is 11.4. The number of anilines is 1. The number of rotatable bonds is 7. The van der Waals surface area contributed by atoms with E-state index in [1.807, 2.05) is 27.0 Å². The third-order valence-corrected chi connectivity index (χ3v) is 6.11. The quantitative estimate of drug-likeness (QED) is 0.772. The Kier molecular flexibility index (Phi) is 5.96. The molecule has 0 fully saturated rings. The number of pyridine rings is 1. The van der Waals surface area contributed by atoms with Crippen molar-refractivity contribution in [2.75, 3.05) is 25.0 Å². The summed E-state index contributed by atoms with van der Waals surface area (Å²) in [5.41, 5.74) is 2.44. The van der Waals surface area contributed by atoms with Gasteiger partial charge in [0.25, 0.3) is 5.82 Å². The van der Waals surface area contributed by atoms with Gasteiger partial charge < -0.3 is 0 Å². The fourth-order valence-electron chi connectivity index (χ4n) is 2.57. The van der Waals surface area contributed by atoms with Gasteiger partial charge in [-0.2, -0.15) is 4.31 Å². The number of benzene rings is 1. The molecular weight excluding hydrogens is 322 g/mol. The van der Waals surface area contributed by atoms with Crippen LogP contribution < -0.4 is 9.88 Å². The van der Waals surface area contributed by atoms with Crippen LogP contribution in [0.15, 0.2) is 47.5 Å². The molecule has 2 rings (SSSR count). The van der Waals surface area contributed by atoms with E-state index in [-0.39, 0.29) is 0 Å². The number of nitrogens with zero attached hydrogens (tertiary/aromatic N) is 2. The molecule has 0 bridgehead atoms. The summed E-state index contributed by atoms with van der Waals surface area (Å²) in [6, 6.07) is 11.9. The normalized spacial score (nSPS) is 11.7. The molecule has 1 aromatic carbocycles. The largest absolute Gasteiger partial charge is 0.274 e. The van der Waals surface area contributed by atoms with Crippen molar-refractivity contribution >= 4 is 15.8 Å². The first-order valence-electron chi connectivity index (χ1n) is 8.17. The second kappa shape index (κ2) is 7.77. The van der Waals surface area contributed by atoms with Crippen LogP contribution in [0.3, 0.4) is 0 Å². The van der Waals surface area contributed by atoms with E-state index in [1.54, 1.807) is 12.3 Å². The van der Waals surface area contributed by atoms with Crippen molar-refractivity contribution in [2.24, 2.45) is 0 Å². The molecule has 0 saturated carbocycles. The Bertz CT molecular complexity index is 752. The van der Waals surface area contributed by atoms with Gasteiger partial charge in [0.1, 0.15) is 17.6 Å². The van der Waals surface area contributed by atoms with Crippen molar-refractivity contribution in [1.82, 2.24) is 4.31 Å². The summed E-state index contributed by atoms with van der Waals surface area (Å²) in [6.45, 7) is 7.43. The summed E-state index contributed by atoms with van der Waals surface area (Å²) in [5, 5.41) is 0.